The molecule has 0 aliphatic heterocycles. The molecule has 4 rings (SSSR count). The van der Waals surface area contributed by atoms with Crippen molar-refractivity contribution in [1.82, 2.24) is 0 Å². The number of benzene rings is 3. The summed E-state index contributed by atoms with van der Waals surface area (Å²) in [5.41, 5.74) is 4.86. The zero-order valence-corrected chi connectivity index (χ0v) is 18.3. The zero-order valence-electron chi connectivity index (χ0n) is 18.3. The fourth-order valence-electron chi connectivity index (χ4n) is 4.75. The lowest BCUT2D eigenvalue weighted by Gasteiger charge is -2.26. The van der Waals surface area contributed by atoms with Crippen LogP contribution in [0.15, 0.2) is 48.5 Å². The number of hydrogen-bond donors (Lipinski definition) is 0. The molecule has 1 aliphatic rings. The number of halogens is 1. The van der Waals surface area contributed by atoms with Crippen LogP contribution in [0.25, 0.3) is 10.8 Å². The van der Waals surface area contributed by atoms with E-state index in [1.54, 1.807) is 0 Å². The molecule has 0 saturated carbocycles. The van der Waals surface area contributed by atoms with Crippen molar-refractivity contribution >= 4 is 10.8 Å². The van der Waals surface area contributed by atoms with Gasteiger partial charge in [0.15, 0.2) is 0 Å². The van der Waals surface area contributed by atoms with Gasteiger partial charge in [0.1, 0.15) is 11.6 Å². The summed E-state index contributed by atoms with van der Waals surface area (Å²) in [5, 5.41) is 1.78. The molecule has 1 unspecified atom stereocenters. The molecule has 0 N–H and O–H groups in total. The van der Waals surface area contributed by atoms with Crippen LogP contribution in [0.3, 0.4) is 0 Å². The molecule has 1 atom stereocenters. The molecule has 0 heterocycles. The Morgan fingerprint density at radius 2 is 1.83 bits per heavy atom. The Bertz CT molecular complexity index is 1010. The first-order valence-corrected chi connectivity index (χ1v) is 11.6. The summed E-state index contributed by atoms with van der Waals surface area (Å²) in [6.07, 6.45) is 8.56. The van der Waals surface area contributed by atoms with Crippen LogP contribution in [0.2, 0.25) is 0 Å². The molecular weight excluding hydrogens is 371 g/mol. The Hall–Kier alpha value is -2.35. The first-order valence-electron chi connectivity index (χ1n) is 11.6. The summed E-state index contributed by atoms with van der Waals surface area (Å²) in [5.74, 6) is 1.19. The molecule has 30 heavy (non-hydrogen) atoms. The number of hydrogen-bond acceptors (Lipinski definition) is 1. The van der Waals surface area contributed by atoms with Gasteiger partial charge in [-0.25, -0.2) is 4.39 Å². The maximum absolute atomic E-state index is 15.4. The molecule has 1 nitrogen and oxygen atoms in total. The molecule has 2 heteroatoms. The van der Waals surface area contributed by atoms with Crippen molar-refractivity contribution in [3.8, 4) is 5.75 Å². The fourth-order valence-corrected chi connectivity index (χ4v) is 4.75. The van der Waals surface area contributed by atoms with E-state index in [-0.39, 0.29) is 11.7 Å². The highest BCUT2D eigenvalue weighted by Gasteiger charge is 2.24. The highest BCUT2D eigenvalue weighted by molar-refractivity contribution is 5.84. The molecule has 1 aliphatic carbocycles. The predicted octanol–water partition coefficient (Wildman–Crippen LogP) is 7.77. The monoisotopic (exact) mass is 404 g/mol. The van der Waals surface area contributed by atoms with E-state index in [0.29, 0.717) is 0 Å². The minimum absolute atomic E-state index is 0.0279. The zero-order chi connectivity index (χ0) is 20.9. The number of rotatable bonds is 8. The molecular formula is C28H33FO. The number of aryl methyl sites for hydroxylation is 2. The summed E-state index contributed by atoms with van der Waals surface area (Å²) in [7, 11) is 0. The molecule has 0 bridgehead atoms. The standard InChI is InChI=1S/C28H33FO/c1-3-5-6-16-30-25-13-11-21-18-24(10-9-22(21)19-25)27-15-12-23-17-20(7-4-2)8-14-26(23)28(27)29/h8,11-15,17,19,24H,3-7,9-10,16,18H2,1-2H3. The van der Waals surface area contributed by atoms with Crippen LogP contribution in [0, 0.1) is 5.82 Å². The van der Waals surface area contributed by atoms with Gasteiger partial charge < -0.3 is 4.74 Å². The Morgan fingerprint density at radius 3 is 2.67 bits per heavy atom. The number of fused-ring (bicyclic) bond motifs is 2. The van der Waals surface area contributed by atoms with Gasteiger partial charge in [-0.1, -0.05) is 69.5 Å². The summed E-state index contributed by atoms with van der Waals surface area (Å²) in [6, 6.07) is 16.8. The Labute approximate surface area is 180 Å². The Kier molecular flexibility index (Phi) is 6.72. The minimum atomic E-state index is -0.0279. The van der Waals surface area contributed by atoms with Crippen LogP contribution in [0.4, 0.5) is 4.39 Å². The van der Waals surface area contributed by atoms with E-state index in [1.165, 1.54) is 29.5 Å². The average molecular weight is 405 g/mol. The summed E-state index contributed by atoms with van der Waals surface area (Å²) < 4.78 is 21.3. The quantitative estimate of drug-likeness (QED) is 0.348. The Morgan fingerprint density at radius 1 is 0.933 bits per heavy atom. The first kappa shape index (κ1) is 20.9. The van der Waals surface area contributed by atoms with Crippen LogP contribution < -0.4 is 4.74 Å². The lowest BCUT2D eigenvalue weighted by Crippen LogP contribution is -2.14. The molecule has 0 saturated heterocycles. The largest absolute Gasteiger partial charge is 0.494 e. The average Bonchev–Trinajstić information content (AvgIpc) is 2.77. The highest BCUT2D eigenvalue weighted by Crippen LogP contribution is 2.37. The third-order valence-corrected chi connectivity index (χ3v) is 6.45. The van der Waals surface area contributed by atoms with Gasteiger partial charge in [-0.15, -0.1) is 0 Å². The normalized spacial score (nSPS) is 15.9. The molecule has 0 spiro atoms. The van der Waals surface area contributed by atoms with Crippen LogP contribution in [0.5, 0.6) is 5.75 Å². The first-order chi connectivity index (χ1) is 14.7. The topological polar surface area (TPSA) is 9.23 Å². The third-order valence-electron chi connectivity index (χ3n) is 6.45. The van der Waals surface area contributed by atoms with E-state index < -0.39 is 0 Å². The van der Waals surface area contributed by atoms with Crippen molar-refractivity contribution in [2.75, 3.05) is 6.61 Å². The van der Waals surface area contributed by atoms with E-state index in [2.05, 4.69) is 50.2 Å². The SMILES string of the molecule is CCCCCOc1ccc2c(c1)CCC(c1ccc3cc(CCC)ccc3c1F)C2. The number of ether oxygens (including phenoxy) is 1. The van der Waals surface area contributed by atoms with E-state index in [1.807, 2.05) is 12.1 Å². The van der Waals surface area contributed by atoms with Crippen molar-refractivity contribution in [3.63, 3.8) is 0 Å². The van der Waals surface area contributed by atoms with E-state index in [9.17, 15) is 0 Å². The van der Waals surface area contributed by atoms with Crippen LogP contribution in [-0.4, -0.2) is 6.61 Å². The van der Waals surface area contributed by atoms with Gasteiger partial charge in [-0.3, -0.25) is 0 Å². The fraction of sp³-hybridized carbons (Fsp3) is 0.429. The molecule has 0 fully saturated rings. The molecule has 158 valence electrons. The molecule has 0 aromatic heterocycles. The lowest BCUT2D eigenvalue weighted by molar-refractivity contribution is 0.305. The van der Waals surface area contributed by atoms with Gasteiger partial charge in [0.25, 0.3) is 0 Å². The van der Waals surface area contributed by atoms with E-state index >= 15 is 4.39 Å². The second-order valence-corrected chi connectivity index (χ2v) is 8.70. The summed E-state index contributed by atoms with van der Waals surface area (Å²) in [4.78, 5) is 0. The van der Waals surface area contributed by atoms with Crippen LogP contribution in [-0.2, 0) is 19.3 Å². The van der Waals surface area contributed by atoms with Gasteiger partial charge in [-0.2, -0.15) is 0 Å². The van der Waals surface area contributed by atoms with Gasteiger partial charge in [0, 0.05) is 5.39 Å². The highest BCUT2D eigenvalue weighted by atomic mass is 19.1. The molecule has 3 aromatic rings. The van der Waals surface area contributed by atoms with Crippen LogP contribution >= 0.6 is 0 Å². The predicted molar refractivity (Wildman–Crippen MR) is 124 cm³/mol. The van der Waals surface area contributed by atoms with Gasteiger partial charge in [0.2, 0.25) is 0 Å². The second-order valence-electron chi connectivity index (χ2n) is 8.70. The molecule has 0 radical (unpaired) electrons. The van der Waals surface area contributed by atoms with Crippen molar-refractivity contribution in [2.24, 2.45) is 0 Å². The summed E-state index contributed by atoms with van der Waals surface area (Å²) in [6.45, 7) is 5.17. The number of unbranched alkanes of at least 4 members (excludes halogenated alkanes) is 2. The Balaban J connectivity index is 1.50. The van der Waals surface area contributed by atoms with Crippen molar-refractivity contribution in [3.05, 3.63) is 76.6 Å². The second kappa shape index (κ2) is 9.64. The van der Waals surface area contributed by atoms with Crippen LogP contribution in [0.1, 0.15) is 74.1 Å². The van der Waals surface area contributed by atoms with E-state index in [4.69, 9.17) is 4.74 Å². The maximum atomic E-state index is 15.4. The van der Waals surface area contributed by atoms with Gasteiger partial charge in [0.05, 0.1) is 6.61 Å². The minimum Gasteiger partial charge on any atom is -0.494 e. The van der Waals surface area contributed by atoms with Crippen molar-refractivity contribution in [2.45, 2.75) is 71.1 Å². The van der Waals surface area contributed by atoms with Gasteiger partial charge in [-0.05, 0) is 77.8 Å². The maximum Gasteiger partial charge on any atom is 0.134 e. The van der Waals surface area contributed by atoms with E-state index in [0.717, 1.165) is 67.2 Å². The summed E-state index contributed by atoms with van der Waals surface area (Å²) >= 11 is 0. The lowest BCUT2D eigenvalue weighted by atomic mass is 9.79. The third kappa shape index (κ3) is 4.53. The van der Waals surface area contributed by atoms with Crippen molar-refractivity contribution < 1.29 is 9.13 Å². The molecule has 3 aromatic carbocycles. The smallest absolute Gasteiger partial charge is 0.134 e. The van der Waals surface area contributed by atoms with Crippen molar-refractivity contribution in [1.29, 1.82) is 0 Å². The molecule has 0 amide bonds. The van der Waals surface area contributed by atoms with Gasteiger partial charge >= 0.3 is 0 Å².